The maximum atomic E-state index is 13.5. The molecule has 3 aliphatic heterocycles. The molecule has 0 saturated carbocycles. The van der Waals surface area contributed by atoms with Gasteiger partial charge in [-0.15, -0.1) is 6.58 Å². The molecule has 3 heterocycles. The number of cyclic esters (lactones) is 1. The Morgan fingerprint density at radius 2 is 2.00 bits per heavy atom. The van der Waals surface area contributed by atoms with Crippen LogP contribution in [0.4, 0.5) is 4.79 Å². The highest BCUT2D eigenvalue weighted by Crippen LogP contribution is 2.41. The largest absolute Gasteiger partial charge is 0.447 e. The molecular weight excluding hydrogens is 414 g/mol. The quantitative estimate of drug-likeness (QED) is 0.569. The minimum absolute atomic E-state index is 0.182. The Bertz CT molecular complexity index is 842. The van der Waals surface area contributed by atoms with E-state index in [2.05, 4.69) is 6.58 Å². The third kappa shape index (κ3) is 4.59. The molecule has 8 nitrogen and oxygen atoms in total. The van der Waals surface area contributed by atoms with Crippen LogP contribution in [0.5, 0.6) is 0 Å². The zero-order valence-corrected chi connectivity index (χ0v) is 18.8. The minimum atomic E-state index is -0.758. The van der Waals surface area contributed by atoms with Crippen LogP contribution in [-0.4, -0.2) is 67.0 Å². The lowest BCUT2D eigenvalue weighted by Gasteiger charge is -2.28. The molecular formula is C24H31NO7. The standard InChI is InChI=1S/C24H31NO7/c1-5-9-16(13-18-19-20(22(28-4)30-18)32-24(2,3)31-19)21(26)25-17(14-29-23(25)27)12-15-10-7-6-8-11-15/h5-8,10-11,16-20,22H,1,9,12-14H2,2-4H3. The van der Waals surface area contributed by atoms with Crippen LogP contribution >= 0.6 is 0 Å². The number of hydrogen-bond donors (Lipinski definition) is 0. The Kier molecular flexibility index (Phi) is 6.67. The average Bonchev–Trinajstić information content (AvgIpc) is 3.38. The van der Waals surface area contributed by atoms with Crippen LogP contribution in [0.1, 0.15) is 32.3 Å². The number of methoxy groups -OCH3 is 1. The lowest BCUT2D eigenvalue weighted by molar-refractivity contribution is -0.228. The van der Waals surface area contributed by atoms with Gasteiger partial charge in [0.15, 0.2) is 12.1 Å². The fourth-order valence-corrected chi connectivity index (χ4v) is 4.76. The molecule has 0 spiro atoms. The Hall–Kier alpha value is -2.26. The van der Waals surface area contributed by atoms with E-state index in [1.807, 2.05) is 44.2 Å². The summed E-state index contributed by atoms with van der Waals surface area (Å²) < 4.78 is 28.7. The monoisotopic (exact) mass is 445 g/mol. The lowest BCUT2D eigenvalue weighted by Crippen LogP contribution is -2.45. The number of carbonyl (C=O) groups is 2. The zero-order valence-electron chi connectivity index (χ0n) is 18.8. The maximum absolute atomic E-state index is 13.5. The molecule has 4 rings (SSSR count). The second kappa shape index (κ2) is 9.31. The Labute approximate surface area is 188 Å². The van der Waals surface area contributed by atoms with Crippen molar-refractivity contribution in [3.63, 3.8) is 0 Å². The normalized spacial score (nSPS) is 31.9. The van der Waals surface area contributed by atoms with Crippen LogP contribution in [0.25, 0.3) is 0 Å². The number of ether oxygens (including phenoxy) is 5. The van der Waals surface area contributed by atoms with Crippen molar-refractivity contribution in [2.75, 3.05) is 13.7 Å². The smallest absolute Gasteiger partial charge is 0.416 e. The summed E-state index contributed by atoms with van der Waals surface area (Å²) in [5.41, 5.74) is 1.04. The molecule has 2 amide bonds. The van der Waals surface area contributed by atoms with Gasteiger partial charge in [0.05, 0.1) is 12.1 Å². The first-order chi connectivity index (χ1) is 15.3. The van der Waals surface area contributed by atoms with Gasteiger partial charge in [0.2, 0.25) is 5.91 Å². The van der Waals surface area contributed by atoms with E-state index in [0.717, 1.165) is 5.56 Å². The Morgan fingerprint density at radius 1 is 1.28 bits per heavy atom. The van der Waals surface area contributed by atoms with Crippen LogP contribution in [0.2, 0.25) is 0 Å². The van der Waals surface area contributed by atoms with Gasteiger partial charge in [0.1, 0.15) is 18.8 Å². The predicted octanol–water partition coefficient (Wildman–Crippen LogP) is 3.05. The summed E-state index contributed by atoms with van der Waals surface area (Å²) in [4.78, 5) is 27.3. The second-order valence-electron chi connectivity index (χ2n) is 8.93. The van der Waals surface area contributed by atoms with Crippen molar-refractivity contribution >= 4 is 12.0 Å². The first kappa shape index (κ1) is 22.9. The van der Waals surface area contributed by atoms with Gasteiger partial charge < -0.3 is 23.7 Å². The van der Waals surface area contributed by atoms with Crippen LogP contribution < -0.4 is 0 Å². The molecule has 0 radical (unpaired) electrons. The van der Waals surface area contributed by atoms with Crippen molar-refractivity contribution in [1.82, 2.24) is 4.90 Å². The van der Waals surface area contributed by atoms with Crippen molar-refractivity contribution in [2.24, 2.45) is 5.92 Å². The molecule has 0 aliphatic carbocycles. The lowest BCUT2D eigenvalue weighted by atomic mass is 9.92. The summed E-state index contributed by atoms with van der Waals surface area (Å²) in [6.45, 7) is 7.67. The summed E-state index contributed by atoms with van der Waals surface area (Å²) in [5.74, 6) is -1.55. The van der Waals surface area contributed by atoms with Gasteiger partial charge in [-0.05, 0) is 38.7 Å². The molecule has 1 aromatic rings. The van der Waals surface area contributed by atoms with Gasteiger partial charge in [-0.25, -0.2) is 9.69 Å². The van der Waals surface area contributed by atoms with E-state index in [-0.39, 0.29) is 30.8 Å². The highest BCUT2D eigenvalue weighted by molar-refractivity contribution is 5.95. The van der Waals surface area contributed by atoms with Crippen molar-refractivity contribution in [2.45, 2.75) is 69.5 Å². The Morgan fingerprint density at radius 3 is 2.69 bits per heavy atom. The van der Waals surface area contributed by atoms with Crippen molar-refractivity contribution < 1.29 is 33.3 Å². The number of benzene rings is 1. The summed E-state index contributed by atoms with van der Waals surface area (Å²) in [7, 11) is 1.56. The zero-order chi connectivity index (χ0) is 22.9. The van der Waals surface area contributed by atoms with E-state index >= 15 is 0 Å². The van der Waals surface area contributed by atoms with Gasteiger partial charge in [0, 0.05) is 13.0 Å². The van der Waals surface area contributed by atoms with Crippen molar-refractivity contribution in [3.8, 4) is 0 Å². The molecule has 8 heteroatoms. The van der Waals surface area contributed by atoms with E-state index in [1.54, 1.807) is 13.2 Å². The fraction of sp³-hybridized carbons (Fsp3) is 0.583. The third-order valence-corrected chi connectivity index (χ3v) is 6.17. The molecule has 0 bridgehead atoms. The molecule has 174 valence electrons. The van der Waals surface area contributed by atoms with E-state index in [9.17, 15) is 9.59 Å². The number of nitrogens with zero attached hydrogens (tertiary/aromatic N) is 1. The van der Waals surface area contributed by atoms with Crippen LogP contribution in [0.15, 0.2) is 43.0 Å². The third-order valence-electron chi connectivity index (χ3n) is 6.17. The first-order valence-corrected chi connectivity index (χ1v) is 11.0. The highest BCUT2D eigenvalue weighted by Gasteiger charge is 2.56. The van der Waals surface area contributed by atoms with Gasteiger partial charge >= 0.3 is 6.09 Å². The molecule has 6 unspecified atom stereocenters. The molecule has 32 heavy (non-hydrogen) atoms. The highest BCUT2D eigenvalue weighted by atomic mass is 16.8. The number of rotatable bonds is 8. The van der Waals surface area contributed by atoms with E-state index in [4.69, 9.17) is 23.7 Å². The molecule has 6 atom stereocenters. The maximum Gasteiger partial charge on any atom is 0.416 e. The van der Waals surface area contributed by atoms with Crippen molar-refractivity contribution in [1.29, 1.82) is 0 Å². The van der Waals surface area contributed by atoms with E-state index < -0.39 is 30.2 Å². The number of fused-ring (bicyclic) bond motifs is 1. The second-order valence-corrected chi connectivity index (χ2v) is 8.93. The number of amides is 2. The van der Waals surface area contributed by atoms with Gasteiger partial charge in [-0.3, -0.25) is 4.79 Å². The van der Waals surface area contributed by atoms with E-state index in [1.165, 1.54) is 4.90 Å². The van der Waals surface area contributed by atoms with Crippen molar-refractivity contribution in [3.05, 3.63) is 48.6 Å². The molecule has 3 fully saturated rings. The van der Waals surface area contributed by atoms with E-state index in [0.29, 0.717) is 19.3 Å². The molecule has 0 N–H and O–H groups in total. The Balaban J connectivity index is 1.49. The topological polar surface area (TPSA) is 83.5 Å². The number of allylic oxidation sites excluding steroid dienone is 1. The molecule has 0 aromatic heterocycles. The predicted molar refractivity (Wildman–Crippen MR) is 115 cm³/mol. The first-order valence-electron chi connectivity index (χ1n) is 11.0. The summed E-state index contributed by atoms with van der Waals surface area (Å²) in [6, 6.07) is 9.40. The van der Waals surface area contributed by atoms with Crippen LogP contribution in [0.3, 0.4) is 0 Å². The molecule has 1 aromatic carbocycles. The van der Waals surface area contributed by atoms with Crippen LogP contribution in [0, 0.1) is 5.92 Å². The van der Waals surface area contributed by atoms with Gasteiger partial charge in [-0.2, -0.15) is 0 Å². The summed E-state index contributed by atoms with van der Waals surface area (Å²) in [6.07, 6.45) is 0.662. The average molecular weight is 446 g/mol. The minimum Gasteiger partial charge on any atom is -0.447 e. The number of hydrogen-bond acceptors (Lipinski definition) is 7. The SMILES string of the molecule is C=CCC(CC1OC(OC)C2OC(C)(C)OC12)C(=O)N1C(=O)OCC1Cc1ccccc1. The molecule has 3 saturated heterocycles. The summed E-state index contributed by atoms with van der Waals surface area (Å²) >= 11 is 0. The number of carbonyl (C=O) groups excluding carboxylic acids is 2. The van der Waals surface area contributed by atoms with Gasteiger partial charge in [-0.1, -0.05) is 36.4 Å². The van der Waals surface area contributed by atoms with Gasteiger partial charge in [0.25, 0.3) is 0 Å². The molecule has 3 aliphatic rings. The number of imide groups is 1. The fourth-order valence-electron chi connectivity index (χ4n) is 4.76. The summed E-state index contributed by atoms with van der Waals surface area (Å²) in [5, 5.41) is 0. The van der Waals surface area contributed by atoms with Crippen LogP contribution in [-0.2, 0) is 34.9 Å².